The molecule has 0 aliphatic carbocycles. The summed E-state index contributed by atoms with van der Waals surface area (Å²) in [5.74, 6) is -0.977. The van der Waals surface area contributed by atoms with Gasteiger partial charge in [0.25, 0.3) is 0 Å². The summed E-state index contributed by atoms with van der Waals surface area (Å²) < 4.78 is 0. The zero-order chi connectivity index (χ0) is 15.1. The quantitative estimate of drug-likeness (QED) is 0.868. The maximum absolute atomic E-state index is 12.4. The van der Waals surface area contributed by atoms with Gasteiger partial charge >= 0.3 is 6.03 Å². The molecule has 2 rings (SSSR count). The van der Waals surface area contributed by atoms with E-state index in [4.69, 9.17) is 0 Å². The second kappa shape index (κ2) is 5.01. The number of nitrogens with zero attached hydrogens (tertiary/aromatic N) is 1. The van der Waals surface area contributed by atoms with Crippen LogP contribution in [-0.2, 0) is 16.0 Å². The highest BCUT2D eigenvalue weighted by molar-refractivity contribution is 7.11. The first-order chi connectivity index (χ1) is 9.23. The van der Waals surface area contributed by atoms with Crippen LogP contribution in [0, 0.1) is 12.3 Å². The first-order valence-electron chi connectivity index (χ1n) is 6.48. The summed E-state index contributed by atoms with van der Waals surface area (Å²) >= 11 is 1.65. The maximum atomic E-state index is 12.4. The van der Waals surface area contributed by atoms with E-state index in [1.165, 1.54) is 18.7 Å². The van der Waals surface area contributed by atoms with E-state index < -0.39 is 23.3 Å². The van der Waals surface area contributed by atoms with Gasteiger partial charge in [0.05, 0.1) is 0 Å². The van der Waals surface area contributed by atoms with Crippen molar-refractivity contribution in [2.24, 2.45) is 5.41 Å². The number of amides is 4. The zero-order valence-electron chi connectivity index (χ0n) is 12.0. The minimum absolute atomic E-state index is 0.284. The van der Waals surface area contributed by atoms with E-state index in [2.05, 4.69) is 5.32 Å². The molecule has 4 amide bonds. The number of carbonyl (C=O) groups is 3. The Morgan fingerprint density at radius 2 is 1.95 bits per heavy atom. The molecule has 20 heavy (non-hydrogen) atoms. The molecule has 1 aromatic rings. The van der Waals surface area contributed by atoms with Crippen LogP contribution in [0.1, 0.15) is 30.5 Å². The number of thiophene rings is 1. The number of nitrogens with one attached hydrogen (secondary N) is 1. The summed E-state index contributed by atoms with van der Waals surface area (Å²) in [6.45, 7) is 6.90. The van der Waals surface area contributed by atoms with Gasteiger partial charge < -0.3 is 0 Å². The maximum Gasteiger partial charge on any atom is 0.331 e. The van der Waals surface area contributed by atoms with Crippen molar-refractivity contribution in [3.63, 3.8) is 0 Å². The van der Waals surface area contributed by atoms with E-state index in [1.54, 1.807) is 11.3 Å². The molecule has 0 saturated carbocycles. The zero-order valence-corrected chi connectivity index (χ0v) is 12.8. The van der Waals surface area contributed by atoms with Crippen molar-refractivity contribution in [2.45, 2.75) is 40.2 Å². The lowest BCUT2D eigenvalue weighted by molar-refractivity contribution is -0.150. The summed E-state index contributed by atoms with van der Waals surface area (Å²) in [4.78, 5) is 39.4. The Kier molecular flexibility index (Phi) is 3.69. The average Bonchev–Trinajstić information content (AvgIpc) is 2.72. The minimum Gasteiger partial charge on any atom is -0.277 e. The van der Waals surface area contributed by atoms with E-state index in [1.807, 2.05) is 26.0 Å². The monoisotopic (exact) mass is 294 g/mol. The summed E-state index contributed by atoms with van der Waals surface area (Å²) in [7, 11) is 0. The molecule has 0 bridgehead atoms. The summed E-state index contributed by atoms with van der Waals surface area (Å²) in [6.07, 6.45) is 0.599. The smallest absolute Gasteiger partial charge is 0.277 e. The highest BCUT2D eigenvalue weighted by Crippen LogP contribution is 2.27. The standard InChI is InChI=1S/C14H18N2O3S/c1-8(7-10-6-5-9(2)20-10)16-12(18)14(3,4)11(17)15-13(16)19/h5-6,8H,7H2,1-4H3,(H,15,17,19). The lowest BCUT2D eigenvalue weighted by Crippen LogP contribution is -2.64. The molecule has 6 heteroatoms. The van der Waals surface area contributed by atoms with Gasteiger partial charge in [-0.1, -0.05) is 0 Å². The van der Waals surface area contributed by atoms with Gasteiger partial charge in [0.15, 0.2) is 0 Å². The Balaban J connectivity index is 2.20. The highest BCUT2D eigenvalue weighted by atomic mass is 32.1. The fourth-order valence-electron chi connectivity index (χ4n) is 2.18. The molecule has 1 aliphatic rings. The Bertz CT molecular complexity index is 577. The number of carbonyl (C=O) groups excluding carboxylic acids is 3. The highest BCUT2D eigenvalue weighted by Gasteiger charge is 2.48. The first-order valence-corrected chi connectivity index (χ1v) is 7.29. The van der Waals surface area contributed by atoms with Crippen molar-refractivity contribution in [3.05, 3.63) is 21.9 Å². The number of aryl methyl sites for hydroxylation is 1. The van der Waals surface area contributed by atoms with Crippen molar-refractivity contribution in [1.29, 1.82) is 0 Å². The Labute approximate surface area is 122 Å². The van der Waals surface area contributed by atoms with Crippen LogP contribution < -0.4 is 5.32 Å². The van der Waals surface area contributed by atoms with Crippen molar-refractivity contribution in [3.8, 4) is 0 Å². The summed E-state index contributed by atoms with van der Waals surface area (Å²) in [5.41, 5.74) is -1.20. The van der Waals surface area contributed by atoms with Crippen molar-refractivity contribution >= 4 is 29.2 Å². The molecule has 1 saturated heterocycles. The van der Waals surface area contributed by atoms with E-state index in [0.717, 1.165) is 9.78 Å². The van der Waals surface area contributed by atoms with Gasteiger partial charge in [0, 0.05) is 22.2 Å². The molecule has 1 fully saturated rings. The molecule has 0 spiro atoms. The Morgan fingerprint density at radius 3 is 2.50 bits per heavy atom. The second-order valence-corrected chi connectivity index (χ2v) is 7.00. The summed E-state index contributed by atoms with van der Waals surface area (Å²) in [5, 5.41) is 2.25. The van der Waals surface area contributed by atoms with Crippen LogP contribution in [0.25, 0.3) is 0 Å². The molecule has 0 aromatic carbocycles. The largest absolute Gasteiger partial charge is 0.331 e. The number of barbiturate groups is 1. The van der Waals surface area contributed by atoms with Gasteiger partial charge in [0.2, 0.25) is 11.8 Å². The van der Waals surface area contributed by atoms with E-state index in [9.17, 15) is 14.4 Å². The Hall–Kier alpha value is -1.69. The van der Waals surface area contributed by atoms with Crippen LogP contribution >= 0.6 is 11.3 Å². The van der Waals surface area contributed by atoms with E-state index in [-0.39, 0.29) is 6.04 Å². The lowest BCUT2D eigenvalue weighted by Gasteiger charge is -2.37. The molecule has 108 valence electrons. The van der Waals surface area contributed by atoms with Gasteiger partial charge in [-0.3, -0.25) is 19.8 Å². The van der Waals surface area contributed by atoms with Crippen molar-refractivity contribution in [1.82, 2.24) is 10.2 Å². The predicted octanol–water partition coefficient (Wildman–Crippen LogP) is 2.09. The van der Waals surface area contributed by atoms with Crippen LogP contribution in [0.4, 0.5) is 4.79 Å². The van der Waals surface area contributed by atoms with Crippen LogP contribution in [0.5, 0.6) is 0 Å². The third kappa shape index (κ3) is 2.47. The Morgan fingerprint density at radius 1 is 1.30 bits per heavy atom. The number of rotatable bonds is 3. The van der Waals surface area contributed by atoms with Crippen LogP contribution in [0.3, 0.4) is 0 Å². The van der Waals surface area contributed by atoms with Crippen molar-refractivity contribution < 1.29 is 14.4 Å². The fourth-order valence-corrected chi connectivity index (χ4v) is 3.19. The van der Waals surface area contributed by atoms with Gasteiger partial charge in [-0.05, 0) is 39.8 Å². The normalized spacial score (nSPS) is 20.0. The lowest BCUT2D eigenvalue weighted by atomic mass is 9.88. The van der Waals surface area contributed by atoms with E-state index >= 15 is 0 Å². The van der Waals surface area contributed by atoms with E-state index in [0.29, 0.717) is 6.42 Å². The minimum atomic E-state index is -1.20. The SMILES string of the molecule is Cc1ccc(CC(C)N2C(=O)NC(=O)C(C)(C)C2=O)s1. The molecule has 1 atom stereocenters. The van der Waals surface area contributed by atoms with Crippen LogP contribution in [0.2, 0.25) is 0 Å². The molecule has 1 N–H and O–H groups in total. The van der Waals surface area contributed by atoms with Crippen LogP contribution in [-0.4, -0.2) is 28.8 Å². The third-order valence-electron chi connectivity index (χ3n) is 3.49. The molecule has 2 heterocycles. The summed E-state index contributed by atoms with van der Waals surface area (Å²) in [6, 6.07) is 3.10. The third-order valence-corrected chi connectivity index (χ3v) is 4.52. The molecule has 1 aliphatic heterocycles. The molecule has 1 unspecified atom stereocenters. The van der Waals surface area contributed by atoms with Gasteiger partial charge in [0.1, 0.15) is 5.41 Å². The number of hydrogen-bond acceptors (Lipinski definition) is 4. The molecule has 1 aromatic heterocycles. The number of urea groups is 1. The van der Waals surface area contributed by atoms with Gasteiger partial charge in [-0.15, -0.1) is 11.3 Å². The average molecular weight is 294 g/mol. The molecular weight excluding hydrogens is 276 g/mol. The fraction of sp³-hybridized carbons (Fsp3) is 0.500. The second-order valence-electron chi connectivity index (χ2n) is 5.62. The van der Waals surface area contributed by atoms with Crippen molar-refractivity contribution in [2.75, 3.05) is 0 Å². The van der Waals surface area contributed by atoms with Gasteiger partial charge in [-0.25, -0.2) is 4.79 Å². The molecule has 5 nitrogen and oxygen atoms in total. The predicted molar refractivity (Wildman–Crippen MR) is 76.4 cm³/mol. The number of hydrogen-bond donors (Lipinski definition) is 1. The molecular formula is C14H18N2O3S. The van der Waals surface area contributed by atoms with Crippen LogP contribution in [0.15, 0.2) is 12.1 Å². The first kappa shape index (κ1) is 14.7. The number of imide groups is 2. The van der Waals surface area contributed by atoms with Gasteiger partial charge in [-0.2, -0.15) is 0 Å². The topological polar surface area (TPSA) is 66.5 Å². The molecule has 0 radical (unpaired) electrons.